The molecule has 4 heteroatoms. The molecule has 0 unspecified atom stereocenters. The van der Waals surface area contributed by atoms with E-state index in [1.165, 1.54) is 49.9 Å². The van der Waals surface area contributed by atoms with E-state index in [0.717, 1.165) is 46.1 Å². The van der Waals surface area contributed by atoms with Gasteiger partial charge in [0.25, 0.3) is 0 Å². The third kappa shape index (κ3) is 2.11. The molecule has 0 N–H and O–H groups in total. The van der Waals surface area contributed by atoms with Crippen LogP contribution in [0.4, 0.5) is 0 Å². The molecular weight excluding hydrogens is 428 g/mol. The highest BCUT2D eigenvalue weighted by atomic mass is 15.1. The van der Waals surface area contributed by atoms with Crippen LogP contribution in [0.2, 0.25) is 0 Å². The maximum Gasteiger partial charge on any atom is 0.178 e. The van der Waals surface area contributed by atoms with Crippen molar-refractivity contribution in [2.24, 2.45) is 0 Å². The summed E-state index contributed by atoms with van der Waals surface area (Å²) in [5, 5.41) is 2.36. The van der Waals surface area contributed by atoms with Crippen LogP contribution in [0.15, 0.2) is 85.2 Å². The topological polar surface area (TPSA) is 43.1 Å². The molecule has 4 aromatic heterocycles. The molecule has 0 spiro atoms. The van der Waals surface area contributed by atoms with Crippen LogP contribution >= 0.6 is 0 Å². The second-order valence-electron chi connectivity index (χ2n) is 9.63. The van der Waals surface area contributed by atoms with E-state index in [0.29, 0.717) is 0 Å². The summed E-state index contributed by atoms with van der Waals surface area (Å²) in [4.78, 5) is 14.4. The second kappa shape index (κ2) is 6.10. The van der Waals surface area contributed by atoms with Crippen LogP contribution in [0.3, 0.4) is 0 Å². The number of imidazole rings is 1. The molecule has 0 amide bonds. The molecule has 7 aromatic rings. The highest BCUT2D eigenvalue weighted by Gasteiger charge is 2.30. The van der Waals surface area contributed by atoms with Crippen molar-refractivity contribution in [2.45, 2.75) is 12.8 Å². The Hall–Kier alpha value is -4.57. The van der Waals surface area contributed by atoms with E-state index in [4.69, 9.17) is 9.97 Å². The maximum absolute atomic E-state index is 4.98. The minimum Gasteiger partial charge on any atom is -0.288 e. The third-order valence-corrected chi connectivity index (χ3v) is 8.00. The van der Waals surface area contributed by atoms with E-state index in [9.17, 15) is 0 Å². The molecule has 4 heterocycles. The number of pyridine rings is 3. The Morgan fingerprint density at radius 3 is 2.29 bits per heavy atom. The Morgan fingerprint density at radius 1 is 0.600 bits per heavy atom. The Balaban J connectivity index is 1.39. The number of hydrogen-bond acceptors (Lipinski definition) is 3. The van der Waals surface area contributed by atoms with Gasteiger partial charge >= 0.3 is 0 Å². The first-order chi connectivity index (χ1) is 17.4. The standard InChI is InChI=1S/C31H18N4/c1-2-6-18-17(5-1)15-23-19(18)9-10-20-21-11-12-22-28(25(21)16-24(20)23)29-26(7-3-13-32-29)35-27-8-4-14-33-30(27)34-31(22)35/h1-14H,15-16H2. The van der Waals surface area contributed by atoms with Crippen LogP contribution in [0.25, 0.3) is 60.9 Å². The molecule has 0 saturated carbocycles. The highest BCUT2D eigenvalue weighted by Crippen LogP contribution is 2.49. The minimum absolute atomic E-state index is 0.768. The molecule has 0 atom stereocenters. The molecule has 3 aromatic carbocycles. The lowest BCUT2D eigenvalue weighted by atomic mass is 9.96. The molecule has 2 aliphatic rings. The zero-order chi connectivity index (χ0) is 22.7. The predicted octanol–water partition coefficient (Wildman–Crippen LogP) is 6.73. The van der Waals surface area contributed by atoms with E-state index in [1.54, 1.807) is 0 Å². The van der Waals surface area contributed by atoms with Gasteiger partial charge in [-0.15, -0.1) is 0 Å². The van der Waals surface area contributed by atoms with Crippen molar-refractivity contribution < 1.29 is 0 Å². The van der Waals surface area contributed by atoms with Gasteiger partial charge in [0, 0.05) is 23.2 Å². The number of aromatic nitrogens is 4. The summed E-state index contributed by atoms with van der Waals surface area (Å²) in [6.45, 7) is 0. The summed E-state index contributed by atoms with van der Waals surface area (Å²) in [5.41, 5.74) is 16.1. The molecule has 162 valence electrons. The van der Waals surface area contributed by atoms with Gasteiger partial charge in [0.15, 0.2) is 5.65 Å². The van der Waals surface area contributed by atoms with Crippen molar-refractivity contribution in [1.82, 2.24) is 19.4 Å². The minimum atomic E-state index is 0.768. The van der Waals surface area contributed by atoms with Crippen LogP contribution in [-0.4, -0.2) is 19.4 Å². The monoisotopic (exact) mass is 446 g/mol. The second-order valence-corrected chi connectivity index (χ2v) is 9.63. The summed E-state index contributed by atoms with van der Waals surface area (Å²) in [6, 6.07) is 26.2. The van der Waals surface area contributed by atoms with Gasteiger partial charge in [-0.2, -0.15) is 0 Å². The lowest BCUT2D eigenvalue weighted by molar-refractivity contribution is 1.17. The first-order valence-electron chi connectivity index (χ1n) is 12.1. The Bertz CT molecular complexity index is 2070. The van der Waals surface area contributed by atoms with Gasteiger partial charge < -0.3 is 0 Å². The number of hydrogen-bond donors (Lipinski definition) is 0. The third-order valence-electron chi connectivity index (χ3n) is 8.00. The summed E-state index contributed by atoms with van der Waals surface area (Å²) in [5.74, 6) is 0. The molecule has 35 heavy (non-hydrogen) atoms. The Kier molecular flexibility index (Phi) is 3.11. The number of nitrogens with zero attached hydrogens (tertiary/aromatic N) is 4. The van der Waals surface area contributed by atoms with Gasteiger partial charge in [-0.1, -0.05) is 42.5 Å². The molecule has 0 fully saturated rings. The maximum atomic E-state index is 4.98. The number of benzene rings is 3. The number of rotatable bonds is 0. The van der Waals surface area contributed by atoms with Crippen molar-refractivity contribution in [3.63, 3.8) is 0 Å². The summed E-state index contributed by atoms with van der Waals surface area (Å²) >= 11 is 0. The van der Waals surface area contributed by atoms with Crippen LogP contribution in [0.5, 0.6) is 0 Å². The average Bonchev–Trinajstić information content (AvgIpc) is 3.59. The van der Waals surface area contributed by atoms with Gasteiger partial charge in [-0.3, -0.25) is 9.38 Å². The first kappa shape index (κ1) is 17.8. The summed E-state index contributed by atoms with van der Waals surface area (Å²) in [7, 11) is 0. The molecule has 0 bridgehead atoms. The molecule has 9 rings (SSSR count). The normalized spacial score (nSPS) is 13.5. The van der Waals surface area contributed by atoms with Crippen LogP contribution < -0.4 is 0 Å². The van der Waals surface area contributed by atoms with Crippen molar-refractivity contribution in [3.8, 4) is 22.3 Å². The average molecular weight is 447 g/mol. The molecule has 4 nitrogen and oxygen atoms in total. The van der Waals surface area contributed by atoms with Crippen LogP contribution in [0.1, 0.15) is 22.3 Å². The summed E-state index contributed by atoms with van der Waals surface area (Å²) in [6.07, 6.45) is 5.66. The van der Waals surface area contributed by atoms with Crippen molar-refractivity contribution in [3.05, 3.63) is 107 Å². The quantitative estimate of drug-likeness (QED) is 0.243. The molecule has 2 aliphatic carbocycles. The lowest BCUT2D eigenvalue weighted by Gasteiger charge is -2.11. The number of fused-ring (bicyclic) bond motifs is 16. The van der Waals surface area contributed by atoms with Gasteiger partial charge in [-0.25, -0.2) is 9.97 Å². The first-order valence-corrected chi connectivity index (χ1v) is 12.1. The van der Waals surface area contributed by atoms with Crippen molar-refractivity contribution in [2.75, 3.05) is 0 Å². The molecular formula is C31H18N4. The zero-order valence-electron chi connectivity index (χ0n) is 18.8. The van der Waals surface area contributed by atoms with Crippen molar-refractivity contribution in [1.29, 1.82) is 0 Å². The fraction of sp³-hybridized carbons (Fsp3) is 0.0645. The summed E-state index contributed by atoms with van der Waals surface area (Å²) < 4.78 is 2.22. The molecule has 0 saturated heterocycles. The molecule has 0 radical (unpaired) electrons. The fourth-order valence-corrected chi connectivity index (χ4v) is 6.55. The van der Waals surface area contributed by atoms with Crippen LogP contribution in [-0.2, 0) is 12.8 Å². The van der Waals surface area contributed by atoms with Crippen molar-refractivity contribution >= 4 is 38.6 Å². The van der Waals surface area contributed by atoms with Gasteiger partial charge in [0.05, 0.1) is 16.6 Å². The predicted molar refractivity (Wildman–Crippen MR) is 140 cm³/mol. The largest absolute Gasteiger partial charge is 0.288 e. The Morgan fingerprint density at radius 2 is 1.34 bits per heavy atom. The van der Waals surface area contributed by atoms with E-state index in [1.807, 2.05) is 24.5 Å². The Labute approximate surface area is 200 Å². The zero-order valence-corrected chi connectivity index (χ0v) is 18.8. The van der Waals surface area contributed by atoms with E-state index in [2.05, 4.69) is 70.0 Å². The smallest absolute Gasteiger partial charge is 0.178 e. The molecule has 0 aliphatic heterocycles. The van der Waals surface area contributed by atoms with E-state index >= 15 is 0 Å². The lowest BCUT2D eigenvalue weighted by Crippen LogP contribution is -1.96. The van der Waals surface area contributed by atoms with E-state index in [-0.39, 0.29) is 0 Å². The van der Waals surface area contributed by atoms with Gasteiger partial charge in [0.1, 0.15) is 5.65 Å². The highest BCUT2D eigenvalue weighted by molar-refractivity contribution is 6.15. The SMILES string of the molecule is c1ccc2c(c1)Cc1c-2ccc2c1Cc1c-2ccc2c1c1ncccc1n1c3cccnc3nc21. The van der Waals surface area contributed by atoms with Crippen LogP contribution in [0, 0.1) is 0 Å². The fourth-order valence-electron chi connectivity index (χ4n) is 6.55. The van der Waals surface area contributed by atoms with Gasteiger partial charge in [-0.05, 0) is 87.7 Å². The van der Waals surface area contributed by atoms with E-state index < -0.39 is 0 Å². The van der Waals surface area contributed by atoms with Gasteiger partial charge in [0.2, 0.25) is 0 Å².